The van der Waals surface area contributed by atoms with Crippen molar-refractivity contribution in [3.05, 3.63) is 26.0 Å². The molecule has 0 atom stereocenters. The minimum atomic E-state index is 1.06. The lowest BCUT2D eigenvalue weighted by Crippen LogP contribution is -1.88. The number of aromatic nitrogens is 1. The van der Waals surface area contributed by atoms with Crippen molar-refractivity contribution < 1.29 is 0 Å². The van der Waals surface area contributed by atoms with Crippen LogP contribution in [-0.2, 0) is 6.42 Å². The molecule has 0 saturated heterocycles. The molecule has 0 aliphatic rings. The van der Waals surface area contributed by atoms with Crippen molar-refractivity contribution in [2.24, 2.45) is 0 Å². The molecule has 1 aromatic heterocycles. The van der Waals surface area contributed by atoms with Crippen LogP contribution in [0.5, 0.6) is 0 Å². The van der Waals surface area contributed by atoms with Crippen molar-refractivity contribution in [3.63, 3.8) is 0 Å². The first-order chi connectivity index (χ1) is 4.75. The molecule has 1 nitrogen and oxygen atoms in total. The van der Waals surface area contributed by atoms with Crippen molar-refractivity contribution in [2.45, 2.75) is 13.3 Å². The van der Waals surface area contributed by atoms with E-state index in [2.05, 4.69) is 50.4 Å². The minimum absolute atomic E-state index is 1.06. The maximum absolute atomic E-state index is 4.04. The maximum Gasteiger partial charge on any atom is 0.0413 e. The number of halogens is 2. The smallest absolute Gasteiger partial charge is 0.0413 e. The summed E-state index contributed by atoms with van der Waals surface area (Å²) < 4.78 is 2.34. The Labute approximate surface area is 82.5 Å². The third-order valence-corrected chi connectivity index (χ3v) is 2.92. The molecule has 0 saturated carbocycles. The van der Waals surface area contributed by atoms with Gasteiger partial charge in [0.2, 0.25) is 0 Å². The van der Waals surface area contributed by atoms with E-state index in [1.807, 2.05) is 12.4 Å². The SMILES string of the molecule is CCc1c(Br)cncc1I. The summed E-state index contributed by atoms with van der Waals surface area (Å²) in [4.78, 5) is 4.04. The van der Waals surface area contributed by atoms with Gasteiger partial charge in [-0.3, -0.25) is 4.98 Å². The Bertz CT molecular complexity index is 217. The van der Waals surface area contributed by atoms with Crippen LogP contribution in [0.2, 0.25) is 0 Å². The molecule has 10 heavy (non-hydrogen) atoms. The molecule has 0 unspecified atom stereocenters. The summed E-state index contributed by atoms with van der Waals surface area (Å²) in [6.07, 6.45) is 4.77. The monoisotopic (exact) mass is 311 g/mol. The van der Waals surface area contributed by atoms with Crippen LogP contribution in [0.3, 0.4) is 0 Å². The van der Waals surface area contributed by atoms with Crippen LogP contribution in [0.25, 0.3) is 0 Å². The fraction of sp³-hybridized carbons (Fsp3) is 0.286. The molecule has 1 aromatic rings. The molecular weight excluding hydrogens is 305 g/mol. The van der Waals surface area contributed by atoms with Crippen LogP contribution in [0, 0.1) is 3.57 Å². The second kappa shape index (κ2) is 3.67. The fourth-order valence-electron chi connectivity index (χ4n) is 0.776. The largest absolute Gasteiger partial charge is 0.262 e. The number of hydrogen-bond donors (Lipinski definition) is 0. The second-order valence-corrected chi connectivity index (χ2v) is 3.95. The first-order valence-corrected chi connectivity index (χ1v) is 4.90. The summed E-state index contributed by atoms with van der Waals surface area (Å²) in [6.45, 7) is 2.14. The van der Waals surface area contributed by atoms with Gasteiger partial charge in [0, 0.05) is 20.4 Å². The Hall–Kier alpha value is 0.360. The zero-order valence-corrected chi connectivity index (χ0v) is 9.31. The standard InChI is InChI=1S/C7H7BrIN/c1-2-5-6(8)3-10-4-7(5)9/h3-4H,2H2,1H3. The van der Waals surface area contributed by atoms with E-state index in [1.165, 1.54) is 9.13 Å². The molecule has 0 spiro atoms. The van der Waals surface area contributed by atoms with Crippen LogP contribution in [-0.4, -0.2) is 4.98 Å². The second-order valence-electron chi connectivity index (χ2n) is 1.94. The van der Waals surface area contributed by atoms with Gasteiger partial charge in [-0.05, 0) is 50.5 Å². The van der Waals surface area contributed by atoms with E-state index in [-0.39, 0.29) is 0 Å². The van der Waals surface area contributed by atoms with E-state index < -0.39 is 0 Å². The molecule has 0 amide bonds. The van der Waals surface area contributed by atoms with E-state index in [0.717, 1.165) is 10.9 Å². The van der Waals surface area contributed by atoms with E-state index in [4.69, 9.17) is 0 Å². The van der Waals surface area contributed by atoms with Crippen molar-refractivity contribution in [3.8, 4) is 0 Å². The zero-order chi connectivity index (χ0) is 7.56. The normalized spacial score (nSPS) is 9.90. The average Bonchev–Trinajstić information content (AvgIpc) is 1.88. The van der Waals surface area contributed by atoms with Gasteiger partial charge in [0.15, 0.2) is 0 Å². The lowest BCUT2D eigenvalue weighted by Gasteiger charge is -2.01. The predicted molar refractivity (Wildman–Crippen MR) is 54.0 cm³/mol. The molecule has 0 bridgehead atoms. The molecule has 0 fully saturated rings. The quantitative estimate of drug-likeness (QED) is 0.727. The molecule has 1 heterocycles. The van der Waals surface area contributed by atoms with Gasteiger partial charge in [0.1, 0.15) is 0 Å². The highest BCUT2D eigenvalue weighted by molar-refractivity contribution is 14.1. The van der Waals surface area contributed by atoms with Crippen molar-refractivity contribution in [1.82, 2.24) is 4.98 Å². The highest BCUT2D eigenvalue weighted by Gasteiger charge is 2.00. The van der Waals surface area contributed by atoms with Gasteiger partial charge < -0.3 is 0 Å². The summed E-state index contributed by atoms with van der Waals surface area (Å²) >= 11 is 5.73. The lowest BCUT2D eigenvalue weighted by molar-refractivity contribution is 1.08. The van der Waals surface area contributed by atoms with E-state index in [1.54, 1.807) is 0 Å². The Morgan fingerprint density at radius 2 is 2.30 bits per heavy atom. The summed E-state index contributed by atoms with van der Waals surface area (Å²) in [7, 11) is 0. The first-order valence-electron chi connectivity index (χ1n) is 3.03. The highest BCUT2D eigenvalue weighted by atomic mass is 127. The lowest BCUT2D eigenvalue weighted by atomic mass is 10.2. The molecule has 3 heteroatoms. The summed E-state index contributed by atoms with van der Waals surface area (Å²) in [5, 5.41) is 0. The molecule has 0 aromatic carbocycles. The number of rotatable bonds is 1. The predicted octanol–water partition coefficient (Wildman–Crippen LogP) is 3.01. The highest BCUT2D eigenvalue weighted by Crippen LogP contribution is 2.20. The summed E-state index contributed by atoms with van der Waals surface area (Å²) in [5.41, 5.74) is 1.34. The van der Waals surface area contributed by atoms with Gasteiger partial charge >= 0.3 is 0 Å². The Morgan fingerprint density at radius 3 is 2.70 bits per heavy atom. The van der Waals surface area contributed by atoms with Gasteiger partial charge in [-0.2, -0.15) is 0 Å². The van der Waals surface area contributed by atoms with Crippen molar-refractivity contribution in [2.75, 3.05) is 0 Å². The Morgan fingerprint density at radius 1 is 1.60 bits per heavy atom. The Balaban J connectivity index is 3.17. The fourth-order valence-corrected chi connectivity index (χ4v) is 2.59. The number of pyridine rings is 1. The number of nitrogens with zero attached hydrogens (tertiary/aromatic N) is 1. The van der Waals surface area contributed by atoms with Crippen LogP contribution in [0.15, 0.2) is 16.9 Å². The van der Waals surface area contributed by atoms with Gasteiger partial charge in [-0.15, -0.1) is 0 Å². The van der Waals surface area contributed by atoms with Crippen LogP contribution in [0.1, 0.15) is 12.5 Å². The first kappa shape index (κ1) is 8.46. The van der Waals surface area contributed by atoms with Crippen molar-refractivity contribution >= 4 is 38.5 Å². The van der Waals surface area contributed by atoms with Gasteiger partial charge in [-0.1, -0.05) is 6.92 Å². The van der Waals surface area contributed by atoms with Crippen LogP contribution in [0.4, 0.5) is 0 Å². The molecule has 0 aliphatic carbocycles. The van der Waals surface area contributed by atoms with Crippen LogP contribution < -0.4 is 0 Å². The average molecular weight is 312 g/mol. The molecule has 0 radical (unpaired) electrons. The zero-order valence-electron chi connectivity index (χ0n) is 5.56. The van der Waals surface area contributed by atoms with Crippen LogP contribution >= 0.6 is 38.5 Å². The van der Waals surface area contributed by atoms with Crippen molar-refractivity contribution in [1.29, 1.82) is 0 Å². The topological polar surface area (TPSA) is 12.9 Å². The molecule has 1 rings (SSSR count). The van der Waals surface area contributed by atoms with E-state index in [9.17, 15) is 0 Å². The van der Waals surface area contributed by atoms with Gasteiger partial charge in [0.05, 0.1) is 0 Å². The van der Waals surface area contributed by atoms with E-state index >= 15 is 0 Å². The Kier molecular flexibility index (Phi) is 3.10. The minimum Gasteiger partial charge on any atom is -0.262 e. The summed E-state index contributed by atoms with van der Waals surface area (Å²) in [5.74, 6) is 0. The third kappa shape index (κ3) is 1.69. The summed E-state index contributed by atoms with van der Waals surface area (Å²) in [6, 6.07) is 0. The number of hydrogen-bond acceptors (Lipinski definition) is 1. The molecule has 54 valence electrons. The van der Waals surface area contributed by atoms with E-state index in [0.29, 0.717) is 0 Å². The molecule has 0 N–H and O–H groups in total. The van der Waals surface area contributed by atoms with Gasteiger partial charge in [0.25, 0.3) is 0 Å². The molecular formula is C7H7BrIN. The maximum atomic E-state index is 4.04. The third-order valence-electron chi connectivity index (χ3n) is 1.31. The molecule has 0 aliphatic heterocycles. The van der Waals surface area contributed by atoms with Gasteiger partial charge in [-0.25, -0.2) is 0 Å².